The molecule has 0 bridgehead atoms. The van der Waals surface area contributed by atoms with Crippen molar-refractivity contribution in [3.63, 3.8) is 0 Å². The number of carbonyl (C=O) groups is 1. The number of fused-ring (bicyclic) bond motifs is 1. The van der Waals surface area contributed by atoms with E-state index in [9.17, 15) is 4.79 Å². The van der Waals surface area contributed by atoms with Crippen molar-refractivity contribution in [2.45, 2.75) is 26.3 Å². The summed E-state index contributed by atoms with van der Waals surface area (Å²) in [7, 11) is 0. The van der Waals surface area contributed by atoms with Crippen molar-refractivity contribution in [3.05, 3.63) is 36.4 Å². The van der Waals surface area contributed by atoms with Crippen LogP contribution in [0.4, 0.5) is 5.95 Å². The SMILES string of the molecule is CCn1c(NC(=O)CCc2ncn[nH]2)nc2ccccc21. The Balaban J connectivity index is 1.73. The number of nitrogens with zero attached hydrogens (tertiary/aromatic N) is 4. The van der Waals surface area contributed by atoms with Crippen LogP contribution in [0.1, 0.15) is 19.2 Å². The molecule has 2 N–H and O–H groups in total. The molecule has 3 rings (SSSR count). The molecule has 0 aliphatic heterocycles. The maximum absolute atomic E-state index is 12.0. The van der Waals surface area contributed by atoms with Crippen LogP contribution >= 0.6 is 0 Å². The number of amides is 1. The zero-order chi connectivity index (χ0) is 14.7. The highest BCUT2D eigenvalue weighted by molar-refractivity contribution is 5.91. The van der Waals surface area contributed by atoms with Gasteiger partial charge in [-0.15, -0.1) is 0 Å². The molecular weight excluding hydrogens is 268 g/mol. The molecule has 0 aliphatic rings. The molecule has 0 fully saturated rings. The largest absolute Gasteiger partial charge is 0.310 e. The van der Waals surface area contributed by atoms with Gasteiger partial charge in [-0.25, -0.2) is 9.97 Å². The van der Waals surface area contributed by atoms with Crippen LogP contribution in [0.2, 0.25) is 0 Å². The summed E-state index contributed by atoms with van der Waals surface area (Å²) in [6.45, 7) is 2.77. The zero-order valence-corrected chi connectivity index (χ0v) is 11.7. The van der Waals surface area contributed by atoms with E-state index in [2.05, 4.69) is 25.5 Å². The topological polar surface area (TPSA) is 88.5 Å². The fraction of sp³-hybridized carbons (Fsp3) is 0.286. The lowest BCUT2D eigenvalue weighted by molar-refractivity contribution is -0.116. The second-order valence-corrected chi connectivity index (χ2v) is 4.65. The number of aromatic nitrogens is 5. The monoisotopic (exact) mass is 284 g/mol. The second kappa shape index (κ2) is 5.74. The fourth-order valence-corrected chi connectivity index (χ4v) is 2.26. The van der Waals surface area contributed by atoms with Crippen molar-refractivity contribution in [3.8, 4) is 0 Å². The molecule has 0 unspecified atom stereocenters. The fourth-order valence-electron chi connectivity index (χ4n) is 2.26. The Bertz CT molecular complexity index is 746. The van der Waals surface area contributed by atoms with Gasteiger partial charge in [-0.3, -0.25) is 15.2 Å². The minimum absolute atomic E-state index is 0.0867. The number of rotatable bonds is 5. The predicted octanol–water partition coefficient (Wildman–Crippen LogP) is 1.75. The Kier molecular flexibility index (Phi) is 3.63. The third kappa shape index (κ3) is 2.76. The molecule has 0 saturated heterocycles. The van der Waals surface area contributed by atoms with Crippen LogP contribution in [0.25, 0.3) is 11.0 Å². The number of aromatic amines is 1. The van der Waals surface area contributed by atoms with Crippen LogP contribution in [0.3, 0.4) is 0 Å². The maximum atomic E-state index is 12.0. The number of carbonyl (C=O) groups excluding carboxylic acids is 1. The van der Waals surface area contributed by atoms with E-state index in [1.807, 2.05) is 35.8 Å². The van der Waals surface area contributed by atoms with Crippen LogP contribution in [-0.4, -0.2) is 30.6 Å². The number of hydrogen-bond donors (Lipinski definition) is 2. The third-order valence-electron chi connectivity index (χ3n) is 3.28. The van der Waals surface area contributed by atoms with E-state index >= 15 is 0 Å². The predicted molar refractivity (Wildman–Crippen MR) is 78.7 cm³/mol. The molecule has 0 aliphatic carbocycles. The first-order valence-electron chi connectivity index (χ1n) is 6.87. The first-order valence-corrected chi connectivity index (χ1v) is 6.87. The lowest BCUT2D eigenvalue weighted by Crippen LogP contribution is -2.16. The molecule has 3 aromatic rings. The van der Waals surface area contributed by atoms with Gasteiger partial charge in [0.15, 0.2) is 0 Å². The summed E-state index contributed by atoms with van der Waals surface area (Å²) in [5, 5.41) is 9.36. The van der Waals surface area contributed by atoms with Gasteiger partial charge in [-0.2, -0.15) is 5.10 Å². The molecule has 7 nitrogen and oxygen atoms in total. The summed E-state index contributed by atoms with van der Waals surface area (Å²) in [6.07, 6.45) is 2.30. The van der Waals surface area contributed by atoms with Gasteiger partial charge in [0.05, 0.1) is 11.0 Å². The molecular formula is C14H16N6O. The lowest BCUT2D eigenvalue weighted by Gasteiger charge is -2.07. The molecule has 7 heteroatoms. The Morgan fingerprint density at radius 2 is 2.24 bits per heavy atom. The molecule has 0 saturated carbocycles. The molecule has 1 amide bonds. The van der Waals surface area contributed by atoms with E-state index < -0.39 is 0 Å². The van der Waals surface area contributed by atoms with E-state index in [1.54, 1.807) is 0 Å². The minimum atomic E-state index is -0.0867. The van der Waals surface area contributed by atoms with Crippen molar-refractivity contribution in [2.75, 3.05) is 5.32 Å². The number of H-pyrrole nitrogens is 1. The molecule has 0 atom stereocenters. The number of imidazole rings is 1. The van der Waals surface area contributed by atoms with Gasteiger partial charge in [0, 0.05) is 19.4 Å². The van der Waals surface area contributed by atoms with Gasteiger partial charge in [0.25, 0.3) is 0 Å². The van der Waals surface area contributed by atoms with Gasteiger partial charge in [-0.05, 0) is 19.1 Å². The van der Waals surface area contributed by atoms with Gasteiger partial charge in [-0.1, -0.05) is 12.1 Å². The number of benzene rings is 1. The first-order chi connectivity index (χ1) is 10.3. The smallest absolute Gasteiger partial charge is 0.227 e. The van der Waals surface area contributed by atoms with E-state index in [0.29, 0.717) is 24.6 Å². The maximum Gasteiger partial charge on any atom is 0.227 e. The second-order valence-electron chi connectivity index (χ2n) is 4.65. The Morgan fingerprint density at radius 3 is 3.00 bits per heavy atom. The van der Waals surface area contributed by atoms with E-state index in [-0.39, 0.29) is 5.91 Å². The Labute approximate surface area is 121 Å². The lowest BCUT2D eigenvalue weighted by atomic mass is 10.3. The standard InChI is InChI=1S/C14H16N6O/c1-2-20-11-6-4-3-5-10(11)17-14(20)18-13(21)8-7-12-15-9-16-19-12/h3-6,9H,2,7-8H2,1H3,(H,15,16,19)(H,17,18,21). The number of para-hydroxylation sites is 2. The first kappa shape index (κ1) is 13.3. The zero-order valence-electron chi connectivity index (χ0n) is 11.7. The summed E-state index contributed by atoms with van der Waals surface area (Å²) in [4.78, 5) is 20.5. The van der Waals surface area contributed by atoms with Gasteiger partial charge in [0.1, 0.15) is 12.2 Å². The summed E-state index contributed by atoms with van der Waals surface area (Å²) >= 11 is 0. The van der Waals surface area contributed by atoms with Gasteiger partial charge in [0.2, 0.25) is 11.9 Å². The number of hydrogen-bond acceptors (Lipinski definition) is 4. The summed E-state index contributed by atoms with van der Waals surface area (Å²) in [5.74, 6) is 1.20. The van der Waals surface area contributed by atoms with Crippen LogP contribution in [0.15, 0.2) is 30.6 Å². The summed E-state index contributed by atoms with van der Waals surface area (Å²) < 4.78 is 1.99. The number of anilines is 1. The highest BCUT2D eigenvalue weighted by atomic mass is 16.1. The van der Waals surface area contributed by atoms with Crippen molar-refractivity contribution in [2.24, 2.45) is 0 Å². The van der Waals surface area contributed by atoms with Crippen LogP contribution in [-0.2, 0) is 17.8 Å². The third-order valence-corrected chi connectivity index (χ3v) is 3.28. The number of aryl methyl sites for hydroxylation is 2. The molecule has 0 spiro atoms. The van der Waals surface area contributed by atoms with Crippen molar-refractivity contribution >= 4 is 22.9 Å². The average molecular weight is 284 g/mol. The molecule has 2 aromatic heterocycles. The van der Waals surface area contributed by atoms with Gasteiger partial charge >= 0.3 is 0 Å². The van der Waals surface area contributed by atoms with E-state index in [1.165, 1.54) is 6.33 Å². The molecule has 21 heavy (non-hydrogen) atoms. The quantitative estimate of drug-likeness (QED) is 0.747. The van der Waals surface area contributed by atoms with E-state index in [4.69, 9.17) is 0 Å². The molecule has 0 radical (unpaired) electrons. The Morgan fingerprint density at radius 1 is 1.38 bits per heavy atom. The van der Waals surface area contributed by atoms with Crippen molar-refractivity contribution in [1.82, 2.24) is 24.7 Å². The average Bonchev–Trinajstić information content (AvgIpc) is 3.12. The van der Waals surface area contributed by atoms with Crippen LogP contribution < -0.4 is 5.32 Å². The van der Waals surface area contributed by atoms with E-state index in [0.717, 1.165) is 17.6 Å². The van der Waals surface area contributed by atoms with Gasteiger partial charge < -0.3 is 4.57 Å². The Hall–Kier alpha value is -2.70. The summed E-state index contributed by atoms with van der Waals surface area (Å²) in [5.41, 5.74) is 1.90. The number of nitrogens with one attached hydrogen (secondary N) is 2. The van der Waals surface area contributed by atoms with Crippen LogP contribution in [0.5, 0.6) is 0 Å². The van der Waals surface area contributed by atoms with Crippen molar-refractivity contribution < 1.29 is 4.79 Å². The molecule has 108 valence electrons. The van der Waals surface area contributed by atoms with Crippen LogP contribution in [0, 0.1) is 0 Å². The minimum Gasteiger partial charge on any atom is -0.310 e. The summed E-state index contributed by atoms with van der Waals surface area (Å²) in [6, 6.07) is 7.83. The highest BCUT2D eigenvalue weighted by Crippen LogP contribution is 2.19. The molecule has 1 aromatic carbocycles. The molecule has 2 heterocycles. The normalized spacial score (nSPS) is 10.9. The van der Waals surface area contributed by atoms with Crippen molar-refractivity contribution in [1.29, 1.82) is 0 Å². The highest BCUT2D eigenvalue weighted by Gasteiger charge is 2.12.